The van der Waals surface area contributed by atoms with Crippen LogP contribution in [0.25, 0.3) is 0 Å². The van der Waals surface area contributed by atoms with Gasteiger partial charge in [0.2, 0.25) is 0 Å². The molecule has 0 spiro atoms. The molecule has 1 aromatic rings. The van der Waals surface area contributed by atoms with Crippen molar-refractivity contribution < 1.29 is 4.74 Å². The quantitative estimate of drug-likeness (QED) is 0.835. The molecular weight excluding hydrogens is 196 g/mol. The van der Waals surface area contributed by atoms with Crippen LogP contribution in [0.2, 0.25) is 0 Å². The van der Waals surface area contributed by atoms with Gasteiger partial charge in [-0.05, 0) is 27.7 Å². The Bertz CT molecular complexity index is 307. The molecule has 2 N–H and O–H groups in total. The van der Waals surface area contributed by atoms with Gasteiger partial charge in [0.25, 0.3) is 0 Å². The molecule has 0 aliphatic carbocycles. The van der Waals surface area contributed by atoms with Crippen LogP contribution < -0.4 is 5.73 Å². The summed E-state index contributed by atoms with van der Waals surface area (Å²) >= 11 is 1.65. The molecule has 80 valence electrons. The maximum Gasteiger partial charge on any atom is 0.125 e. The van der Waals surface area contributed by atoms with E-state index in [1.165, 1.54) is 0 Å². The number of ether oxygens (including phenoxy) is 1. The van der Waals surface area contributed by atoms with E-state index in [4.69, 9.17) is 10.5 Å². The van der Waals surface area contributed by atoms with E-state index in [2.05, 4.69) is 4.98 Å². The summed E-state index contributed by atoms with van der Waals surface area (Å²) in [5, 5.41) is 1.01. The lowest BCUT2D eigenvalue weighted by Crippen LogP contribution is -2.21. The average Bonchev–Trinajstić information content (AvgIpc) is 2.47. The highest BCUT2D eigenvalue weighted by Crippen LogP contribution is 2.30. The van der Waals surface area contributed by atoms with Gasteiger partial charge >= 0.3 is 0 Å². The van der Waals surface area contributed by atoms with Crippen LogP contribution in [0.1, 0.15) is 36.3 Å². The van der Waals surface area contributed by atoms with Gasteiger partial charge in [-0.1, -0.05) is 0 Å². The lowest BCUT2D eigenvalue weighted by molar-refractivity contribution is -0.0142. The zero-order chi connectivity index (χ0) is 10.8. The third-order valence-electron chi connectivity index (χ3n) is 2.10. The molecule has 4 heteroatoms. The number of nitrogens with zero attached hydrogens (tertiary/aromatic N) is 1. The van der Waals surface area contributed by atoms with Gasteiger partial charge in [-0.25, -0.2) is 4.98 Å². The Labute approximate surface area is 89.3 Å². The second kappa shape index (κ2) is 4.38. The fraction of sp³-hybridized carbons (Fsp3) is 0.700. The van der Waals surface area contributed by atoms with Gasteiger partial charge in [0.1, 0.15) is 10.6 Å². The topological polar surface area (TPSA) is 48.1 Å². The van der Waals surface area contributed by atoms with E-state index < -0.39 is 0 Å². The van der Waals surface area contributed by atoms with Crippen molar-refractivity contribution >= 4 is 11.3 Å². The first-order chi connectivity index (χ1) is 6.51. The zero-order valence-electron chi connectivity index (χ0n) is 9.26. The Balaban J connectivity index is 2.95. The van der Waals surface area contributed by atoms with E-state index in [9.17, 15) is 0 Å². The second-order valence-corrected chi connectivity index (χ2v) is 4.76. The van der Waals surface area contributed by atoms with Crippen molar-refractivity contribution in [2.45, 2.75) is 39.8 Å². The van der Waals surface area contributed by atoms with Gasteiger partial charge in [-0.3, -0.25) is 0 Å². The molecule has 0 aliphatic rings. The van der Waals surface area contributed by atoms with Crippen molar-refractivity contribution in [1.82, 2.24) is 4.98 Å². The normalized spacial score (nSPS) is 12.1. The fourth-order valence-electron chi connectivity index (χ4n) is 1.30. The number of hydrogen-bond donors (Lipinski definition) is 1. The molecule has 0 unspecified atom stereocenters. The number of aryl methyl sites for hydroxylation is 1. The summed E-state index contributed by atoms with van der Waals surface area (Å²) in [5.41, 5.74) is 6.34. The number of hydrogen-bond acceptors (Lipinski definition) is 4. The molecule has 1 aromatic heterocycles. The molecule has 0 saturated heterocycles. The van der Waals surface area contributed by atoms with E-state index in [0.29, 0.717) is 13.2 Å². The molecule has 14 heavy (non-hydrogen) atoms. The molecule has 0 bridgehead atoms. The van der Waals surface area contributed by atoms with Crippen LogP contribution in [0, 0.1) is 6.92 Å². The molecule has 0 atom stereocenters. The molecule has 0 saturated carbocycles. The predicted octanol–water partition coefficient (Wildman–Crippen LogP) is 2.18. The molecule has 0 aliphatic heterocycles. The minimum atomic E-state index is -0.294. The van der Waals surface area contributed by atoms with Crippen LogP contribution >= 0.6 is 11.3 Å². The van der Waals surface area contributed by atoms with Gasteiger partial charge in [0.15, 0.2) is 0 Å². The van der Waals surface area contributed by atoms with E-state index in [0.717, 1.165) is 15.6 Å². The van der Waals surface area contributed by atoms with Crippen molar-refractivity contribution in [2.75, 3.05) is 6.61 Å². The summed E-state index contributed by atoms with van der Waals surface area (Å²) in [4.78, 5) is 5.63. The molecule has 1 heterocycles. The molecule has 3 nitrogen and oxygen atoms in total. The number of nitrogens with two attached hydrogens (primary N) is 1. The Morgan fingerprint density at radius 2 is 2.14 bits per heavy atom. The number of rotatable bonds is 4. The lowest BCUT2D eigenvalue weighted by Gasteiger charge is -2.21. The molecule has 0 aromatic carbocycles. The number of aromatic nitrogens is 1. The summed E-state index contributed by atoms with van der Waals surface area (Å²) in [6, 6.07) is 0. The van der Waals surface area contributed by atoms with Crippen molar-refractivity contribution in [3.05, 3.63) is 15.6 Å². The van der Waals surface area contributed by atoms with Crippen LogP contribution in [0.3, 0.4) is 0 Å². The summed E-state index contributed by atoms with van der Waals surface area (Å²) in [6.45, 7) is 9.32. The van der Waals surface area contributed by atoms with Crippen LogP contribution in [-0.4, -0.2) is 11.6 Å². The minimum absolute atomic E-state index is 0.294. The van der Waals surface area contributed by atoms with E-state index in [1.807, 2.05) is 27.7 Å². The first kappa shape index (κ1) is 11.6. The summed E-state index contributed by atoms with van der Waals surface area (Å²) in [7, 11) is 0. The smallest absolute Gasteiger partial charge is 0.125 e. The van der Waals surface area contributed by atoms with Gasteiger partial charge < -0.3 is 10.5 Å². The molecule has 1 rings (SSSR count). The third-order valence-corrected chi connectivity index (χ3v) is 3.58. The first-order valence-corrected chi connectivity index (χ1v) is 5.63. The van der Waals surface area contributed by atoms with E-state index in [-0.39, 0.29) is 5.60 Å². The molecule has 0 fully saturated rings. The molecule has 0 amide bonds. The molecular formula is C10H18N2OS. The average molecular weight is 214 g/mol. The fourth-order valence-corrected chi connectivity index (χ4v) is 2.29. The Morgan fingerprint density at radius 1 is 1.50 bits per heavy atom. The minimum Gasteiger partial charge on any atom is -0.369 e. The Morgan fingerprint density at radius 3 is 2.57 bits per heavy atom. The van der Waals surface area contributed by atoms with Gasteiger partial charge in [-0.15, -0.1) is 11.3 Å². The number of thiazole rings is 1. The predicted molar refractivity (Wildman–Crippen MR) is 59.4 cm³/mol. The highest BCUT2D eigenvalue weighted by atomic mass is 32.1. The lowest BCUT2D eigenvalue weighted by atomic mass is 10.1. The van der Waals surface area contributed by atoms with Gasteiger partial charge in [0.05, 0.1) is 5.69 Å². The van der Waals surface area contributed by atoms with Crippen LogP contribution in [0.4, 0.5) is 0 Å². The van der Waals surface area contributed by atoms with Crippen molar-refractivity contribution in [1.29, 1.82) is 0 Å². The van der Waals surface area contributed by atoms with Crippen LogP contribution in [0.15, 0.2) is 0 Å². The van der Waals surface area contributed by atoms with Gasteiger partial charge in [-0.2, -0.15) is 0 Å². The summed E-state index contributed by atoms with van der Waals surface area (Å²) in [6.07, 6.45) is 0. The monoisotopic (exact) mass is 214 g/mol. The third kappa shape index (κ3) is 2.32. The Hall–Kier alpha value is -0.450. The summed E-state index contributed by atoms with van der Waals surface area (Å²) in [5.74, 6) is 0. The van der Waals surface area contributed by atoms with E-state index >= 15 is 0 Å². The summed E-state index contributed by atoms with van der Waals surface area (Å²) < 4.78 is 5.64. The first-order valence-electron chi connectivity index (χ1n) is 4.82. The standard InChI is InChI=1S/C10H18N2OS/c1-5-13-10(3,4)9-12-7(2)8(6-11)14-9/h5-6,11H2,1-4H3. The van der Waals surface area contributed by atoms with Crippen molar-refractivity contribution in [3.63, 3.8) is 0 Å². The Kier molecular flexibility index (Phi) is 3.64. The maximum atomic E-state index is 5.64. The SMILES string of the molecule is CCOC(C)(C)c1nc(C)c(CN)s1. The van der Waals surface area contributed by atoms with Gasteiger partial charge in [0, 0.05) is 18.0 Å². The highest BCUT2D eigenvalue weighted by Gasteiger charge is 2.25. The second-order valence-electron chi connectivity index (χ2n) is 3.68. The maximum absolute atomic E-state index is 5.64. The van der Waals surface area contributed by atoms with E-state index in [1.54, 1.807) is 11.3 Å². The zero-order valence-corrected chi connectivity index (χ0v) is 10.1. The molecule has 0 radical (unpaired) electrons. The largest absolute Gasteiger partial charge is 0.369 e. The highest BCUT2D eigenvalue weighted by molar-refractivity contribution is 7.11. The van der Waals surface area contributed by atoms with Crippen molar-refractivity contribution in [3.8, 4) is 0 Å². The van der Waals surface area contributed by atoms with Crippen molar-refractivity contribution in [2.24, 2.45) is 5.73 Å². The van der Waals surface area contributed by atoms with Crippen LogP contribution in [0.5, 0.6) is 0 Å². The van der Waals surface area contributed by atoms with Crippen LogP contribution in [-0.2, 0) is 16.9 Å².